The van der Waals surface area contributed by atoms with Gasteiger partial charge in [-0.15, -0.1) is 0 Å². The lowest BCUT2D eigenvalue weighted by molar-refractivity contribution is 0.474. The molecular weight excluding hydrogens is 342 g/mol. The molecule has 0 atom stereocenters. The number of hydrogen-bond donors (Lipinski definition) is 1. The second-order valence-electron chi connectivity index (χ2n) is 5.90. The van der Waals surface area contributed by atoms with Gasteiger partial charge in [-0.05, 0) is 50.6 Å². The summed E-state index contributed by atoms with van der Waals surface area (Å²) in [5, 5.41) is 11.0. The van der Waals surface area contributed by atoms with Crippen LogP contribution in [0.25, 0.3) is 16.3 Å². The van der Waals surface area contributed by atoms with E-state index in [9.17, 15) is 5.11 Å². The number of rotatable bonds is 6. The number of hydrogen-bond acceptors (Lipinski definition) is 5. The van der Waals surface area contributed by atoms with Crippen LogP contribution in [0.1, 0.15) is 31.9 Å². The third kappa shape index (κ3) is 3.94. The average Bonchev–Trinajstić information content (AvgIpc) is 3.04. The summed E-state index contributed by atoms with van der Waals surface area (Å²) in [5.74, 6) is 0.231. The van der Waals surface area contributed by atoms with Crippen LogP contribution in [0.15, 0.2) is 47.5 Å². The highest BCUT2D eigenvalue weighted by molar-refractivity contribution is 7.22. The fourth-order valence-electron chi connectivity index (χ4n) is 2.83. The summed E-state index contributed by atoms with van der Waals surface area (Å²) < 4.78 is 1.11. The number of anilines is 1. The van der Waals surface area contributed by atoms with E-state index in [1.165, 1.54) is 0 Å². The molecule has 26 heavy (non-hydrogen) atoms. The lowest BCUT2D eigenvalue weighted by atomic mass is 10.2. The van der Waals surface area contributed by atoms with Gasteiger partial charge in [0.15, 0.2) is 0 Å². The molecule has 4 nitrogen and oxygen atoms in total. The molecule has 2 aromatic carbocycles. The van der Waals surface area contributed by atoms with E-state index in [0.717, 1.165) is 34.6 Å². The zero-order valence-corrected chi connectivity index (χ0v) is 16.1. The van der Waals surface area contributed by atoms with E-state index in [4.69, 9.17) is 0 Å². The number of allylic oxidation sites excluding steroid dienone is 1. The van der Waals surface area contributed by atoms with Gasteiger partial charge in [-0.25, -0.2) is 9.98 Å². The predicted octanol–water partition coefficient (Wildman–Crippen LogP) is 5.63. The van der Waals surface area contributed by atoms with Gasteiger partial charge in [-0.3, -0.25) is 0 Å². The molecular formula is C21H23N3OS. The number of aromatic hydroxyl groups is 1. The van der Waals surface area contributed by atoms with Crippen LogP contribution >= 0.6 is 11.3 Å². The van der Waals surface area contributed by atoms with Crippen molar-refractivity contribution in [3.05, 3.63) is 53.6 Å². The van der Waals surface area contributed by atoms with Crippen LogP contribution in [0.5, 0.6) is 5.75 Å². The summed E-state index contributed by atoms with van der Waals surface area (Å²) in [5.41, 5.74) is 3.80. The summed E-state index contributed by atoms with van der Waals surface area (Å²) in [6.07, 6.45) is 5.76. The van der Waals surface area contributed by atoms with E-state index in [0.29, 0.717) is 10.7 Å². The summed E-state index contributed by atoms with van der Waals surface area (Å²) in [7, 11) is 0. The number of fused-ring (bicyclic) bond motifs is 1. The molecule has 3 aromatic rings. The van der Waals surface area contributed by atoms with Gasteiger partial charge in [0.05, 0.1) is 10.2 Å². The number of aromatic nitrogens is 1. The molecule has 0 aliphatic carbocycles. The SMILES string of the molecule is C/C=C/c1ccc2nc(/N=C/c3ccc(N(CC)CC)cc3O)sc2c1. The molecule has 0 aliphatic heterocycles. The molecule has 5 heteroatoms. The maximum absolute atomic E-state index is 10.3. The second-order valence-corrected chi connectivity index (χ2v) is 6.91. The first-order chi connectivity index (χ1) is 12.6. The zero-order chi connectivity index (χ0) is 18.5. The number of aliphatic imine (C=N–C) groups is 1. The monoisotopic (exact) mass is 365 g/mol. The Hall–Kier alpha value is -2.66. The molecule has 0 radical (unpaired) electrons. The predicted molar refractivity (Wildman–Crippen MR) is 113 cm³/mol. The first-order valence-corrected chi connectivity index (χ1v) is 9.61. The van der Waals surface area contributed by atoms with Crippen LogP contribution in [-0.2, 0) is 0 Å². The first kappa shape index (κ1) is 18.1. The largest absolute Gasteiger partial charge is 0.507 e. The van der Waals surface area contributed by atoms with E-state index in [1.54, 1.807) is 23.6 Å². The molecule has 0 bridgehead atoms. The number of benzene rings is 2. The van der Waals surface area contributed by atoms with Gasteiger partial charge >= 0.3 is 0 Å². The number of nitrogens with zero attached hydrogens (tertiary/aromatic N) is 3. The Kier molecular flexibility index (Phi) is 5.68. The van der Waals surface area contributed by atoms with Crippen LogP contribution in [0.4, 0.5) is 10.8 Å². The van der Waals surface area contributed by atoms with Crippen LogP contribution in [0, 0.1) is 0 Å². The third-order valence-electron chi connectivity index (χ3n) is 4.22. The minimum Gasteiger partial charge on any atom is -0.507 e. The highest BCUT2D eigenvalue weighted by Crippen LogP contribution is 2.30. The summed E-state index contributed by atoms with van der Waals surface area (Å²) in [6.45, 7) is 8.02. The minimum absolute atomic E-state index is 0.231. The van der Waals surface area contributed by atoms with Crippen molar-refractivity contribution in [3.63, 3.8) is 0 Å². The maximum atomic E-state index is 10.3. The maximum Gasteiger partial charge on any atom is 0.210 e. The molecule has 0 aliphatic rings. The van der Waals surface area contributed by atoms with Crippen molar-refractivity contribution in [2.75, 3.05) is 18.0 Å². The fraction of sp³-hybridized carbons (Fsp3) is 0.238. The molecule has 0 spiro atoms. The Morgan fingerprint density at radius 2 is 1.96 bits per heavy atom. The van der Waals surface area contributed by atoms with Gasteiger partial charge in [0, 0.05) is 36.6 Å². The van der Waals surface area contributed by atoms with Crippen molar-refractivity contribution in [1.82, 2.24) is 4.98 Å². The van der Waals surface area contributed by atoms with Crippen molar-refractivity contribution in [1.29, 1.82) is 0 Å². The van der Waals surface area contributed by atoms with Gasteiger partial charge < -0.3 is 10.0 Å². The molecule has 134 valence electrons. The van der Waals surface area contributed by atoms with E-state index in [1.807, 2.05) is 37.3 Å². The van der Waals surface area contributed by atoms with Crippen LogP contribution in [-0.4, -0.2) is 29.4 Å². The molecule has 1 N–H and O–H groups in total. The average molecular weight is 366 g/mol. The van der Waals surface area contributed by atoms with Gasteiger partial charge in [0.2, 0.25) is 5.13 Å². The Labute approximate surface area is 158 Å². The van der Waals surface area contributed by atoms with Gasteiger partial charge in [-0.1, -0.05) is 29.6 Å². The molecule has 0 unspecified atom stereocenters. The highest BCUT2D eigenvalue weighted by atomic mass is 32.1. The Morgan fingerprint density at radius 3 is 2.65 bits per heavy atom. The molecule has 0 fully saturated rings. The number of phenolic OH excluding ortho intramolecular Hbond substituents is 1. The summed E-state index contributed by atoms with van der Waals surface area (Å²) in [4.78, 5) is 11.2. The molecule has 1 aromatic heterocycles. The van der Waals surface area contributed by atoms with Crippen molar-refractivity contribution in [2.24, 2.45) is 4.99 Å². The minimum atomic E-state index is 0.231. The molecule has 3 rings (SSSR count). The fourth-order valence-corrected chi connectivity index (χ4v) is 3.69. The van der Waals surface area contributed by atoms with Crippen LogP contribution < -0.4 is 4.90 Å². The normalized spacial score (nSPS) is 11.8. The van der Waals surface area contributed by atoms with Crippen molar-refractivity contribution < 1.29 is 5.11 Å². The van der Waals surface area contributed by atoms with Gasteiger partial charge in [0.1, 0.15) is 5.75 Å². The van der Waals surface area contributed by atoms with E-state index in [-0.39, 0.29) is 5.75 Å². The van der Waals surface area contributed by atoms with E-state index < -0.39 is 0 Å². The third-order valence-corrected chi connectivity index (χ3v) is 5.14. The molecule has 1 heterocycles. The van der Waals surface area contributed by atoms with Crippen LogP contribution in [0.2, 0.25) is 0 Å². The van der Waals surface area contributed by atoms with Crippen molar-refractivity contribution >= 4 is 44.7 Å². The Morgan fingerprint density at radius 1 is 1.15 bits per heavy atom. The lowest BCUT2D eigenvalue weighted by Crippen LogP contribution is -2.21. The van der Waals surface area contributed by atoms with Gasteiger partial charge in [-0.2, -0.15) is 0 Å². The van der Waals surface area contributed by atoms with Crippen molar-refractivity contribution in [3.8, 4) is 5.75 Å². The lowest BCUT2D eigenvalue weighted by Gasteiger charge is -2.21. The highest BCUT2D eigenvalue weighted by Gasteiger charge is 2.07. The number of thiazole rings is 1. The van der Waals surface area contributed by atoms with E-state index >= 15 is 0 Å². The first-order valence-electron chi connectivity index (χ1n) is 8.80. The summed E-state index contributed by atoms with van der Waals surface area (Å²) in [6, 6.07) is 11.9. The van der Waals surface area contributed by atoms with Crippen molar-refractivity contribution in [2.45, 2.75) is 20.8 Å². The molecule has 0 saturated carbocycles. The number of phenols is 1. The smallest absolute Gasteiger partial charge is 0.210 e. The Bertz CT molecular complexity index is 955. The molecule has 0 saturated heterocycles. The zero-order valence-electron chi connectivity index (χ0n) is 15.3. The topological polar surface area (TPSA) is 48.7 Å². The van der Waals surface area contributed by atoms with Crippen LogP contribution in [0.3, 0.4) is 0 Å². The molecule has 0 amide bonds. The Balaban J connectivity index is 1.84. The quantitative estimate of drug-likeness (QED) is 0.576. The second kappa shape index (κ2) is 8.15. The standard InChI is InChI=1S/C21H23N3OS/c1-4-7-15-8-11-18-20(12-15)26-21(23-18)22-14-16-9-10-17(13-19(16)25)24(5-2)6-3/h4,7-14,25H,5-6H2,1-3H3/b7-4+,22-14+. The van der Waals surface area contributed by atoms with Gasteiger partial charge in [0.25, 0.3) is 0 Å². The van der Waals surface area contributed by atoms with E-state index in [2.05, 4.69) is 40.9 Å². The summed E-state index contributed by atoms with van der Waals surface area (Å²) >= 11 is 1.54.